The summed E-state index contributed by atoms with van der Waals surface area (Å²) in [5.41, 5.74) is 7.50. The molecule has 1 aromatic carbocycles. The number of carbonyl (C=O) groups is 2. The number of likely N-dealkylation sites (tertiary alicyclic amines) is 1. The molecule has 0 spiro atoms. The van der Waals surface area contributed by atoms with Crippen LogP contribution in [0.2, 0.25) is 0 Å². The number of amides is 2. The van der Waals surface area contributed by atoms with E-state index < -0.39 is 0 Å². The third kappa shape index (κ3) is 5.93. The smallest absolute Gasteiger partial charge is 0.239 e. The van der Waals surface area contributed by atoms with Gasteiger partial charge in [0.2, 0.25) is 11.8 Å². The first kappa shape index (κ1) is 18.3. The van der Waals surface area contributed by atoms with E-state index in [-0.39, 0.29) is 30.8 Å². The zero-order valence-corrected chi connectivity index (χ0v) is 13.5. The lowest BCUT2D eigenvalue weighted by Crippen LogP contribution is -2.41. The minimum absolute atomic E-state index is 0. The van der Waals surface area contributed by atoms with Gasteiger partial charge in [0.25, 0.3) is 0 Å². The summed E-state index contributed by atoms with van der Waals surface area (Å²) in [5, 5.41) is 2.87. The summed E-state index contributed by atoms with van der Waals surface area (Å²) >= 11 is 0. The van der Waals surface area contributed by atoms with Crippen molar-refractivity contribution in [2.75, 3.05) is 25.4 Å². The third-order valence-corrected chi connectivity index (χ3v) is 3.72. The predicted molar refractivity (Wildman–Crippen MR) is 89.9 cm³/mol. The van der Waals surface area contributed by atoms with Gasteiger partial charge in [-0.25, -0.2) is 0 Å². The molecule has 1 aliphatic rings. The number of hydrogen-bond acceptors (Lipinski definition) is 3. The highest BCUT2D eigenvalue weighted by atomic mass is 35.5. The molecular formula is C16H24ClN3O2. The number of rotatable bonds is 5. The molecule has 1 heterocycles. The lowest BCUT2D eigenvalue weighted by Gasteiger charge is -2.19. The quantitative estimate of drug-likeness (QED) is 0.810. The van der Waals surface area contributed by atoms with Gasteiger partial charge in [0.05, 0.1) is 6.54 Å². The highest BCUT2D eigenvalue weighted by molar-refractivity contribution is 5.85. The van der Waals surface area contributed by atoms with Crippen molar-refractivity contribution in [1.82, 2.24) is 10.2 Å². The van der Waals surface area contributed by atoms with Gasteiger partial charge >= 0.3 is 0 Å². The summed E-state index contributed by atoms with van der Waals surface area (Å²) in [7, 11) is 0. The fourth-order valence-corrected chi connectivity index (χ4v) is 2.47. The molecule has 0 saturated carbocycles. The molecule has 1 aliphatic heterocycles. The molecule has 0 radical (unpaired) electrons. The first-order chi connectivity index (χ1) is 10.1. The molecule has 0 atom stereocenters. The van der Waals surface area contributed by atoms with E-state index in [1.54, 1.807) is 4.90 Å². The average molecular weight is 326 g/mol. The van der Waals surface area contributed by atoms with Crippen LogP contribution < -0.4 is 11.1 Å². The standard InChI is InChI=1S/C16H23N3O2.ClH/c17-14-7-5-13(6-8-14)9-10-18-15(20)12-19-11-3-1-2-4-16(19)21;/h5-8H,1-4,9-12,17H2,(H,18,20);1H. The number of nitrogens with two attached hydrogens (primary N) is 1. The Morgan fingerprint density at radius 1 is 1.18 bits per heavy atom. The Kier molecular flexibility index (Phi) is 7.74. The molecular weight excluding hydrogens is 302 g/mol. The number of nitrogens with zero attached hydrogens (tertiary/aromatic N) is 1. The van der Waals surface area contributed by atoms with Gasteiger partial charge in [-0.2, -0.15) is 0 Å². The topological polar surface area (TPSA) is 75.4 Å². The van der Waals surface area contributed by atoms with E-state index in [0.717, 1.165) is 36.9 Å². The molecule has 0 aromatic heterocycles. The van der Waals surface area contributed by atoms with E-state index in [9.17, 15) is 9.59 Å². The van der Waals surface area contributed by atoms with Crippen molar-refractivity contribution in [3.63, 3.8) is 0 Å². The van der Waals surface area contributed by atoms with Gasteiger partial charge in [-0.05, 0) is 37.0 Å². The summed E-state index contributed by atoms with van der Waals surface area (Å²) in [6, 6.07) is 7.62. The van der Waals surface area contributed by atoms with Gasteiger partial charge in [0.1, 0.15) is 0 Å². The molecule has 5 nitrogen and oxygen atoms in total. The second kappa shape index (κ2) is 9.30. The average Bonchev–Trinajstić information content (AvgIpc) is 2.66. The van der Waals surface area contributed by atoms with Crippen LogP contribution in [-0.2, 0) is 16.0 Å². The van der Waals surface area contributed by atoms with Crippen molar-refractivity contribution in [2.45, 2.75) is 32.1 Å². The van der Waals surface area contributed by atoms with Crippen LogP contribution in [0.25, 0.3) is 0 Å². The fourth-order valence-electron chi connectivity index (χ4n) is 2.47. The molecule has 0 bridgehead atoms. The van der Waals surface area contributed by atoms with Crippen molar-refractivity contribution in [1.29, 1.82) is 0 Å². The Hall–Kier alpha value is -1.75. The van der Waals surface area contributed by atoms with Crippen LogP contribution >= 0.6 is 12.4 Å². The Morgan fingerprint density at radius 3 is 2.64 bits per heavy atom. The third-order valence-electron chi connectivity index (χ3n) is 3.72. The van der Waals surface area contributed by atoms with Gasteiger partial charge in [0, 0.05) is 25.2 Å². The van der Waals surface area contributed by atoms with Gasteiger partial charge in [-0.15, -0.1) is 12.4 Å². The molecule has 0 unspecified atom stereocenters. The summed E-state index contributed by atoms with van der Waals surface area (Å²) in [5.74, 6) is 0.0156. The van der Waals surface area contributed by atoms with Crippen molar-refractivity contribution in [3.8, 4) is 0 Å². The SMILES string of the molecule is Cl.Nc1ccc(CCNC(=O)CN2CCCCCC2=O)cc1. The lowest BCUT2D eigenvalue weighted by atomic mass is 10.1. The second-order valence-corrected chi connectivity index (χ2v) is 5.47. The molecule has 2 amide bonds. The van der Waals surface area contributed by atoms with Crippen LogP contribution in [0, 0.1) is 0 Å². The first-order valence-electron chi connectivity index (χ1n) is 7.54. The predicted octanol–water partition coefficient (Wildman–Crippen LogP) is 1.75. The number of halogens is 1. The fraction of sp³-hybridized carbons (Fsp3) is 0.500. The van der Waals surface area contributed by atoms with Crippen LogP contribution in [0.5, 0.6) is 0 Å². The second-order valence-electron chi connectivity index (χ2n) is 5.47. The number of hydrogen-bond donors (Lipinski definition) is 2. The minimum Gasteiger partial charge on any atom is -0.399 e. The molecule has 1 saturated heterocycles. The molecule has 22 heavy (non-hydrogen) atoms. The Labute approximate surface area is 137 Å². The Morgan fingerprint density at radius 2 is 1.91 bits per heavy atom. The van der Waals surface area contributed by atoms with Gasteiger partial charge in [-0.1, -0.05) is 18.6 Å². The molecule has 0 aliphatic carbocycles. The first-order valence-corrected chi connectivity index (χ1v) is 7.54. The molecule has 2 rings (SSSR count). The summed E-state index contributed by atoms with van der Waals surface area (Å²) in [4.78, 5) is 25.4. The van der Waals surface area contributed by atoms with Gasteiger partial charge < -0.3 is 16.0 Å². The van der Waals surface area contributed by atoms with E-state index in [0.29, 0.717) is 19.5 Å². The number of anilines is 1. The van der Waals surface area contributed by atoms with E-state index in [2.05, 4.69) is 5.32 Å². The number of carbonyl (C=O) groups excluding carboxylic acids is 2. The molecule has 3 N–H and O–H groups in total. The summed E-state index contributed by atoms with van der Waals surface area (Å²) < 4.78 is 0. The molecule has 6 heteroatoms. The van der Waals surface area contributed by atoms with Crippen molar-refractivity contribution in [3.05, 3.63) is 29.8 Å². The molecule has 1 fully saturated rings. The molecule has 1 aromatic rings. The van der Waals surface area contributed by atoms with E-state index in [1.807, 2.05) is 24.3 Å². The van der Waals surface area contributed by atoms with Crippen LogP contribution in [0.1, 0.15) is 31.2 Å². The zero-order chi connectivity index (χ0) is 15.1. The van der Waals surface area contributed by atoms with Gasteiger partial charge in [-0.3, -0.25) is 9.59 Å². The summed E-state index contributed by atoms with van der Waals surface area (Å²) in [6.45, 7) is 1.45. The zero-order valence-electron chi connectivity index (χ0n) is 12.7. The maximum Gasteiger partial charge on any atom is 0.239 e. The summed E-state index contributed by atoms with van der Waals surface area (Å²) in [6.07, 6.45) is 4.33. The van der Waals surface area contributed by atoms with Crippen LogP contribution in [-0.4, -0.2) is 36.3 Å². The normalized spacial score (nSPS) is 14.9. The number of nitrogen functional groups attached to an aromatic ring is 1. The highest BCUT2D eigenvalue weighted by Gasteiger charge is 2.18. The van der Waals surface area contributed by atoms with Gasteiger partial charge in [0.15, 0.2) is 0 Å². The Balaban J connectivity index is 0.00000242. The maximum absolute atomic E-state index is 11.9. The van der Waals surface area contributed by atoms with E-state index in [1.165, 1.54) is 0 Å². The monoisotopic (exact) mass is 325 g/mol. The minimum atomic E-state index is -0.0827. The van der Waals surface area contributed by atoms with Crippen molar-refractivity contribution < 1.29 is 9.59 Å². The Bertz CT molecular complexity index is 491. The van der Waals surface area contributed by atoms with Crippen molar-refractivity contribution >= 4 is 29.9 Å². The van der Waals surface area contributed by atoms with Crippen molar-refractivity contribution in [2.24, 2.45) is 0 Å². The number of nitrogens with one attached hydrogen (secondary N) is 1. The maximum atomic E-state index is 11.9. The highest BCUT2D eigenvalue weighted by Crippen LogP contribution is 2.10. The molecule has 122 valence electrons. The van der Waals surface area contributed by atoms with E-state index in [4.69, 9.17) is 5.73 Å². The lowest BCUT2D eigenvalue weighted by molar-refractivity contribution is -0.135. The van der Waals surface area contributed by atoms with E-state index >= 15 is 0 Å². The van der Waals surface area contributed by atoms with Crippen LogP contribution in [0.15, 0.2) is 24.3 Å². The van der Waals surface area contributed by atoms with Crippen LogP contribution in [0.4, 0.5) is 5.69 Å². The number of benzene rings is 1. The van der Waals surface area contributed by atoms with Crippen LogP contribution in [0.3, 0.4) is 0 Å². The largest absolute Gasteiger partial charge is 0.399 e.